The standard InChI is InChI=1S/C12H15F2NO/c1-7-4-8(6-12(15)2-3-12)5-9(10(7)16)11(13)14/h4-5,11,16H,2-3,6,15H2,1H3. The Hall–Kier alpha value is -1.16. The zero-order valence-electron chi connectivity index (χ0n) is 9.13. The Morgan fingerprint density at radius 1 is 1.44 bits per heavy atom. The Morgan fingerprint density at radius 3 is 2.56 bits per heavy atom. The van der Waals surface area contributed by atoms with Crippen LogP contribution < -0.4 is 5.73 Å². The molecule has 1 aliphatic carbocycles. The molecule has 0 spiro atoms. The van der Waals surface area contributed by atoms with E-state index in [1.54, 1.807) is 13.0 Å². The maximum atomic E-state index is 12.6. The van der Waals surface area contributed by atoms with Gasteiger partial charge in [0.1, 0.15) is 5.75 Å². The van der Waals surface area contributed by atoms with Gasteiger partial charge in [-0.15, -0.1) is 0 Å². The molecule has 1 aromatic rings. The van der Waals surface area contributed by atoms with E-state index in [9.17, 15) is 13.9 Å². The first-order chi connectivity index (χ1) is 7.41. The van der Waals surface area contributed by atoms with Crippen LogP contribution in [0.1, 0.15) is 36.0 Å². The van der Waals surface area contributed by atoms with E-state index in [4.69, 9.17) is 5.73 Å². The summed E-state index contributed by atoms with van der Waals surface area (Å²) in [6.45, 7) is 1.63. The molecular weight excluding hydrogens is 212 g/mol. The molecule has 0 radical (unpaired) electrons. The molecule has 0 heterocycles. The third-order valence-corrected chi connectivity index (χ3v) is 3.07. The van der Waals surface area contributed by atoms with Crippen LogP contribution in [-0.4, -0.2) is 10.6 Å². The Balaban J connectivity index is 2.32. The smallest absolute Gasteiger partial charge is 0.267 e. The van der Waals surface area contributed by atoms with Gasteiger partial charge in [-0.2, -0.15) is 0 Å². The second-order valence-corrected chi connectivity index (χ2v) is 4.69. The van der Waals surface area contributed by atoms with E-state index in [0.717, 1.165) is 18.4 Å². The van der Waals surface area contributed by atoms with Gasteiger partial charge in [0.25, 0.3) is 6.43 Å². The summed E-state index contributed by atoms with van der Waals surface area (Å²) in [4.78, 5) is 0. The molecule has 0 aliphatic heterocycles. The molecule has 0 saturated heterocycles. The third kappa shape index (κ3) is 2.16. The predicted octanol–water partition coefficient (Wildman–Crippen LogP) is 2.67. The Kier molecular flexibility index (Phi) is 2.62. The van der Waals surface area contributed by atoms with Crippen molar-refractivity contribution in [2.45, 2.75) is 38.2 Å². The molecule has 88 valence electrons. The average Bonchev–Trinajstić information content (AvgIpc) is 2.89. The van der Waals surface area contributed by atoms with Crippen LogP contribution in [-0.2, 0) is 6.42 Å². The van der Waals surface area contributed by atoms with Crippen molar-refractivity contribution in [1.29, 1.82) is 0 Å². The molecule has 1 fully saturated rings. The molecule has 3 N–H and O–H groups in total. The van der Waals surface area contributed by atoms with Gasteiger partial charge in [0, 0.05) is 5.54 Å². The second-order valence-electron chi connectivity index (χ2n) is 4.69. The van der Waals surface area contributed by atoms with Crippen molar-refractivity contribution in [3.05, 3.63) is 28.8 Å². The van der Waals surface area contributed by atoms with Crippen molar-refractivity contribution in [2.24, 2.45) is 5.73 Å². The van der Waals surface area contributed by atoms with Gasteiger partial charge in [0.05, 0.1) is 5.56 Å². The molecule has 1 aromatic carbocycles. The second kappa shape index (κ2) is 3.70. The van der Waals surface area contributed by atoms with Crippen LogP contribution in [0.5, 0.6) is 5.75 Å². The van der Waals surface area contributed by atoms with E-state index in [-0.39, 0.29) is 16.9 Å². The number of aromatic hydroxyl groups is 1. The van der Waals surface area contributed by atoms with E-state index in [0.29, 0.717) is 12.0 Å². The fourth-order valence-electron chi connectivity index (χ4n) is 1.90. The van der Waals surface area contributed by atoms with E-state index in [2.05, 4.69) is 0 Å². The average molecular weight is 227 g/mol. The van der Waals surface area contributed by atoms with Crippen LogP contribution in [0.25, 0.3) is 0 Å². The summed E-state index contributed by atoms with van der Waals surface area (Å²) in [7, 11) is 0. The van der Waals surface area contributed by atoms with Gasteiger partial charge in [-0.1, -0.05) is 6.07 Å². The van der Waals surface area contributed by atoms with Crippen LogP contribution in [0.4, 0.5) is 8.78 Å². The highest BCUT2D eigenvalue weighted by molar-refractivity contribution is 5.44. The van der Waals surface area contributed by atoms with E-state index in [1.165, 1.54) is 6.07 Å². The zero-order valence-corrected chi connectivity index (χ0v) is 9.13. The Bertz CT molecular complexity index is 414. The van der Waals surface area contributed by atoms with Crippen molar-refractivity contribution in [1.82, 2.24) is 0 Å². The van der Waals surface area contributed by atoms with Crippen LogP contribution in [0, 0.1) is 6.92 Å². The maximum Gasteiger partial charge on any atom is 0.267 e. The fraction of sp³-hybridized carbons (Fsp3) is 0.500. The van der Waals surface area contributed by atoms with Crippen molar-refractivity contribution >= 4 is 0 Å². The summed E-state index contributed by atoms with van der Waals surface area (Å²) >= 11 is 0. The molecule has 0 bridgehead atoms. The summed E-state index contributed by atoms with van der Waals surface area (Å²) in [5, 5.41) is 9.50. The molecule has 2 nitrogen and oxygen atoms in total. The third-order valence-electron chi connectivity index (χ3n) is 3.07. The molecule has 0 amide bonds. The number of nitrogens with two attached hydrogens (primary N) is 1. The lowest BCUT2D eigenvalue weighted by Crippen LogP contribution is -2.24. The van der Waals surface area contributed by atoms with Crippen molar-refractivity contribution in [3.63, 3.8) is 0 Å². The number of halogens is 2. The minimum absolute atomic E-state index is 0.206. The maximum absolute atomic E-state index is 12.6. The molecule has 1 aliphatic rings. The SMILES string of the molecule is Cc1cc(CC2(N)CC2)cc(C(F)F)c1O. The highest BCUT2D eigenvalue weighted by Crippen LogP contribution is 2.38. The van der Waals surface area contributed by atoms with Gasteiger partial charge in [-0.3, -0.25) is 0 Å². The number of phenols is 1. The largest absolute Gasteiger partial charge is 0.507 e. The van der Waals surface area contributed by atoms with Crippen LogP contribution in [0.3, 0.4) is 0 Å². The topological polar surface area (TPSA) is 46.2 Å². The number of aryl methyl sites for hydroxylation is 1. The van der Waals surface area contributed by atoms with Crippen LogP contribution in [0.15, 0.2) is 12.1 Å². The highest BCUT2D eigenvalue weighted by atomic mass is 19.3. The lowest BCUT2D eigenvalue weighted by atomic mass is 9.99. The summed E-state index contributed by atoms with van der Waals surface area (Å²) in [5.41, 5.74) is 6.71. The number of alkyl halides is 2. The van der Waals surface area contributed by atoms with Gasteiger partial charge in [0.2, 0.25) is 0 Å². The summed E-state index contributed by atoms with van der Waals surface area (Å²) in [6, 6.07) is 3.09. The van der Waals surface area contributed by atoms with Gasteiger partial charge >= 0.3 is 0 Å². The Labute approximate surface area is 93.1 Å². The summed E-state index contributed by atoms with van der Waals surface area (Å²) < 4.78 is 25.3. The zero-order chi connectivity index (χ0) is 11.9. The summed E-state index contributed by atoms with van der Waals surface area (Å²) in [5.74, 6) is -0.305. The molecule has 16 heavy (non-hydrogen) atoms. The van der Waals surface area contributed by atoms with Gasteiger partial charge in [-0.05, 0) is 43.4 Å². The predicted molar refractivity (Wildman–Crippen MR) is 57.7 cm³/mol. The first-order valence-corrected chi connectivity index (χ1v) is 5.31. The van der Waals surface area contributed by atoms with E-state index in [1.807, 2.05) is 0 Å². The van der Waals surface area contributed by atoms with Gasteiger partial charge < -0.3 is 10.8 Å². The molecule has 1 saturated carbocycles. The molecule has 4 heteroatoms. The summed E-state index contributed by atoms with van der Waals surface area (Å²) in [6.07, 6.45) is -0.159. The minimum Gasteiger partial charge on any atom is -0.507 e. The molecule has 0 aromatic heterocycles. The Morgan fingerprint density at radius 2 is 2.06 bits per heavy atom. The molecule has 0 atom stereocenters. The first kappa shape index (κ1) is 11.3. The number of hydrogen-bond acceptors (Lipinski definition) is 2. The quantitative estimate of drug-likeness (QED) is 0.833. The number of phenolic OH excluding ortho intramolecular Hbond substituents is 1. The minimum atomic E-state index is -2.65. The molecule has 2 rings (SSSR count). The lowest BCUT2D eigenvalue weighted by molar-refractivity contribution is 0.147. The normalized spacial score (nSPS) is 17.8. The van der Waals surface area contributed by atoms with Crippen LogP contribution >= 0.6 is 0 Å². The van der Waals surface area contributed by atoms with Crippen molar-refractivity contribution in [2.75, 3.05) is 0 Å². The number of benzene rings is 1. The van der Waals surface area contributed by atoms with Crippen LogP contribution in [0.2, 0.25) is 0 Å². The first-order valence-electron chi connectivity index (χ1n) is 5.31. The monoisotopic (exact) mass is 227 g/mol. The molecule has 0 unspecified atom stereocenters. The van der Waals surface area contributed by atoms with Crippen molar-refractivity contribution < 1.29 is 13.9 Å². The molecular formula is C12H15F2NO. The van der Waals surface area contributed by atoms with Gasteiger partial charge in [0.15, 0.2) is 0 Å². The van der Waals surface area contributed by atoms with Crippen molar-refractivity contribution in [3.8, 4) is 5.75 Å². The van der Waals surface area contributed by atoms with E-state index < -0.39 is 6.43 Å². The van der Waals surface area contributed by atoms with Gasteiger partial charge in [-0.25, -0.2) is 8.78 Å². The fourth-order valence-corrected chi connectivity index (χ4v) is 1.90. The lowest BCUT2D eigenvalue weighted by Gasteiger charge is -2.13. The number of rotatable bonds is 3. The number of hydrogen-bond donors (Lipinski definition) is 2. The highest BCUT2D eigenvalue weighted by Gasteiger charge is 2.38. The van der Waals surface area contributed by atoms with E-state index >= 15 is 0 Å².